The van der Waals surface area contributed by atoms with Crippen LogP contribution >= 0.6 is 34.8 Å². The van der Waals surface area contributed by atoms with Crippen LogP contribution in [0.25, 0.3) is 0 Å². The molecule has 2 amide bonds. The maximum Gasteiger partial charge on any atom is 0.325 e. The lowest BCUT2D eigenvalue weighted by atomic mass is 10.2. The van der Waals surface area contributed by atoms with E-state index in [4.69, 9.17) is 39.5 Å². The number of methoxy groups -OCH3 is 1. The first-order valence-electron chi connectivity index (χ1n) is 8.34. The van der Waals surface area contributed by atoms with E-state index in [2.05, 4.69) is 15.7 Å². The topological polar surface area (TPSA) is 111 Å². The molecule has 1 heterocycles. The highest BCUT2D eigenvalue weighted by atomic mass is 35.5. The van der Waals surface area contributed by atoms with E-state index >= 15 is 0 Å². The van der Waals surface area contributed by atoms with Crippen molar-refractivity contribution in [1.29, 1.82) is 0 Å². The highest BCUT2D eigenvalue weighted by molar-refractivity contribution is 6.42. The van der Waals surface area contributed by atoms with Crippen LogP contribution in [0.1, 0.15) is 5.56 Å². The minimum absolute atomic E-state index is 0.134. The molecular formula is C18H14Cl3N5O4. The molecule has 3 aromatic rings. The average molecular weight is 471 g/mol. The Hall–Kier alpha value is -3.01. The van der Waals surface area contributed by atoms with Crippen molar-refractivity contribution in [2.24, 2.45) is 0 Å². The van der Waals surface area contributed by atoms with Crippen LogP contribution in [-0.2, 0) is 6.54 Å². The van der Waals surface area contributed by atoms with Gasteiger partial charge < -0.3 is 10.1 Å². The Kier molecular flexibility index (Phi) is 6.66. The number of carbonyl (C=O) groups is 1. The summed E-state index contributed by atoms with van der Waals surface area (Å²) in [4.78, 5) is 22.6. The quantitative estimate of drug-likeness (QED) is 0.367. The van der Waals surface area contributed by atoms with E-state index in [1.54, 1.807) is 24.4 Å². The number of aromatic nitrogens is 2. The summed E-state index contributed by atoms with van der Waals surface area (Å²) in [6.45, 7) is 0.357. The highest BCUT2D eigenvalue weighted by Gasteiger charge is 2.15. The first kappa shape index (κ1) is 21.7. The Morgan fingerprint density at radius 1 is 1.13 bits per heavy atom. The van der Waals surface area contributed by atoms with Gasteiger partial charge in [-0.25, -0.2) is 4.79 Å². The van der Waals surface area contributed by atoms with Crippen molar-refractivity contribution in [3.63, 3.8) is 0 Å². The lowest BCUT2D eigenvalue weighted by Crippen LogP contribution is -2.20. The number of rotatable bonds is 6. The second-order valence-electron chi connectivity index (χ2n) is 5.99. The zero-order chi connectivity index (χ0) is 21.8. The van der Waals surface area contributed by atoms with Crippen molar-refractivity contribution < 1.29 is 14.5 Å². The molecule has 156 valence electrons. The molecule has 0 aliphatic carbocycles. The summed E-state index contributed by atoms with van der Waals surface area (Å²) in [7, 11) is 1.34. The van der Waals surface area contributed by atoms with Gasteiger partial charge in [0.1, 0.15) is 10.8 Å². The molecule has 9 nitrogen and oxygen atoms in total. The molecule has 0 atom stereocenters. The molecule has 0 aliphatic heterocycles. The minimum atomic E-state index is -0.649. The van der Waals surface area contributed by atoms with Crippen LogP contribution in [0.15, 0.2) is 42.6 Å². The van der Waals surface area contributed by atoms with Crippen LogP contribution in [0.3, 0.4) is 0 Å². The molecule has 0 saturated carbocycles. The third-order valence-corrected chi connectivity index (χ3v) is 4.94. The number of nitro benzene ring substituents is 1. The number of carbonyl (C=O) groups excluding carboxylic acids is 1. The van der Waals surface area contributed by atoms with Gasteiger partial charge in [-0.3, -0.25) is 20.1 Å². The highest BCUT2D eigenvalue weighted by Crippen LogP contribution is 2.29. The fourth-order valence-electron chi connectivity index (χ4n) is 2.55. The number of ether oxygens (including phenoxy) is 1. The molecule has 0 fully saturated rings. The van der Waals surface area contributed by atoms with Gasteiger partial charge in [-0.2, -0.15) is 5.10 Å². The monoisotopic (exact) mass is 469 g/mol. The molecule has 30 heavy (non-hydrogen) atoms. The largest absolute Gasteiger partial charge is 0.494 e. The van der Waals surface area contributed by atoms with Gasteiger partial charge in [0, 0.05) is 12.3 Å². The number of non-ortho nitro benzene ring substituents is 1. The summed E-state index contributed by atoms with van der Waals surface area (Å²) in [5.41, 5.74) is 0.920. The van der Waals surface area contributed by atoms with Crippen LogP contribution in [-0.4, -0.2) is 27.8 Å². The molecule has 0 unspecified atom stereocenters. The van der Waals surface area contributed by atoms with E-state index in [0.717, 1.165) is 5.56 Å². The number of hydrogen-bond acceptors (Lipinski definition) is 5. The summed E-state index contributed by atoms with van der Waals surface area (Å²) >= 11 is 18.1. The molecule has 0 bridgehead atoms. The second-order valence-corrected chi connectivity index (χ2v) is 7.21. The molecule has 2 N–H and O–H groups in total. The average Bonchev–Trinajstić information content (AvgIpc) is 3.03. The molecule has 3 rings (SSSR count). The van der Waals surface area contributed by atoms with Crippen molar-refractivity contribution in [2.75, 3.05) is 17.7 Å². The van der Waals surface area contributed by atoms with Crippen molar-refractivity contribution in [3.05, 3.63) is 73.3 Å². The first-order chi connectivity index (χ1) is 14.3. The fourth-order valence-corrected chi connectivity index (χ4v) is 3.06. The Morgan fingerprint density at radius 3 is 2.57 bits per heavy atom. The molecule has 2 aromatic carbocycles. The standard InChI is InChI=1S/C18H14Cl3N5O4/c1-30-16-7-11(26(28)29)3-5-15(16)22-18(27)23-17-14(21)9-25(24-17)8-10-2-4-12(19)13(20)6-10/h2-7,9H,8H2,1H3,(H2,22,23,24,27). The zero-order valence-corrected chi connectivity index (χ0v) is 17.6. The minimum Gasteiger partial charge on any atom is -0.494 e. The number of nitro groups is 1. The Labute approximate surface area is 185 Å². The van der Waals surface area contributed by atoms with Crippen LogP contribution in [0, 0.1) is 10.1 Å². The van der Waals surface area contributed by atoms with Crippen LogP contribution < -0.4 is 15.4 Å². The Bertz CT molecular complexity index is 1120. The lowest BCUT2D eigenvalue weighted by Gasteiger charge is -2.10. The first-order valence-corrected chi connectivity index (χ1v) is 9.47. The molecule has 0 radical (unpaired) electrons. The third kappa shape index (κ3) is 5.12. The predicted octanol–water partition coefficient (Wildman–Crippen LogP) is 5.45. The predicted molar refractivity (Wildman–Crippen MR) is 115 cm³/mol. The second kappa shape index (κ2) is 9.21. The van der Waals surface area contributed by atoms with Gasteiger partial charge in [0.25, 0.3) is 5.69 Å². The number of halogens is 3. The number of nitrogens with zero attached hydrogens (tertiary/aromatic N) is 3. The molecule has 0 aliphatic rings. The number of amides is 2. The summed E-state index contributed by atoms with van der Waals surface area (Å²) < 4.78 is 6.62. The summed E-state index contributed by atoms with van der Waals surface area (Å²) in [5, 5.41) is 21.2. The Morgan fingerprint density at radius 2 is 1.90 bits per heavy atom. The van der Waals surface area contributed by atoms with E-state index in [9.17, 15) is 14.9 Å². The van der Waals surface area contributed by atoms with Crippen molar-refractivity contribution >= 4 is 58.0 Å². The Balaban J connectivity index is 1.70. The molecule has 0 saturated heterocycles. The van der Waals surface area contributed by atoms with Gasteiger partial charge >= 0.3 is 6.03 Å². The van der Waals surface area contributed by atoms with Gasteiger partial charge in [-0.1, -0.05) is 40.9 Å². The van der Waals surface area contributed by atoms with Gasteiger partial charge in [-0.05, 0) is 23.8 Å². The summed E-state index contributed by atoms with van der Waals surface area (Å²) in [6.07, 6.45) is 1.55. The maximum atomic E-state index is 12.3. The zero-order valence-electron chi connectivity index (χ0n) is 15.4. The smallest absolute Gasteiger partial charge is 0.325 e. The van der Waals surface area contributed by atoms with E-state index in [1.807, 2.05) is 0 Å². The van der Waals surface area contributed by atoms with E-state index < -0.39 is 11.0 Å². The number of benzene rings is 2. The van der Waals surface area contributed by atoms with Gasteiger partial charge in [0.05, 0.1) is 40.4 Å². The van der Waals surface area contributed by atoms with Gasteiger partial charge in [-0.15, -0.1) is 0 Å². The fraction of sp³-hybridized carbons (Fsp3) is 0.111. The van der Waals surface area contributed by atoms with Gasteiger partial charge in [0.2, 0.25) is 0 Å². The molecular weight excluding hydrogens is 457 g/mol. The lowest BCUT2D eigenvalue weighted by molar-refractivity contribution is -0.384. The number of nitrogens with one attached hydrogen (secondary N) is 2. The number of anilines is 2. The van der Waals surface area contributed by atoms with Crippen molar-refractivity contribution in [1.82, 2.24) is 9.78 Å². The van der Waals surface area contributed by atoms with Crippen molar-refractivity contribution in [2.45, 2.75) is 6.54 Å². The summed E-state index contributed by atoms with van der Waals surface area (Å²) in [5.74, 6) is 0.269. The van der Waals surface area contributed by atoms with Crippen LogP contribution in [0.4, 0.5) is 22.0 Å². The van der Waals surface area contributed by atoms with Crippen LogP contribution in [0.5, 0.6) is 5.75 Å². The van der Waals surface area contributed by atoms with E-state index in [1.165, 1.54) is 30.0 Å². The molecule has 12 heteroatoms. The molecule has 1 aromatic heterocycles. The normalized spacial score (nSPS) is 10.5. The van der Waals surface area contributed by atoms with Crippen molar-refractivity contribution in [3.8, 4) is 5.75 Å². The maximum absolute atomic E-state index is 12.3. The van der Waals surface area contributed by atoms with Gasteiger partial charge in [0.15, 0.2) is 5.82 Å². The number of hydrogen-bond donors (Lipinski definition) is 2. The third-order valence-electron chi connectivity index (χ3n) is 3.92. The van der Waals surface area contributed by atoms with Crippen LogP contribution in [0.2, 0.25) is 15.1 Å². The SMILES string of the molecule is COc1cc([N+](=O)[O-])ccc1NC(=O)Nc1nn(Cc2ccc(Cl)c(Cl)c2)cc1Cl. The summed E-state index contributed by atoms with van der Waals surface area (Å²) in [6, 6.07) is 8.34. The van der Waals surface area contributed by atoms with E-state index in [-0.39, 0.29) is 28.0 Å². The number of urea groups is 1. The van der Waals surface area contributed by atoms with E-state index in [0.29, 0.717) is 16.6 Å². The molecule has 0 spiro atoms.